The number of hydrogen-bond acceptors (Lipinski definition) is 4. The minimum absolute atomic E-state index is 0.0882. The molecule has 128 valence electrons. The summed E-state index contributed by atoms with van der Waals surface area (Å²) in [6, 6.07) is 6.37. The lowest BCUT2D eigenvalue weighted by molar-refractivity contribution is 0.0527. The Morgan fingerprint density at radius 2 is 2.25 bits per heavy atom. The van der Waals surface area contributed by atoms with Gasteiger partial charge in [0.25, 0.3) is 5.91 Å². The molecule has 2 heterocycles. The van der Waals surface area contributed by atoms with E-state index in [0.717, 1.165) is 12.0 Å². The number of rotatable bonds is 3. The molecule has 0 bridgehead atoms. The van der Waals surface area contributed by atoms with E-state index in [1.54, 1.807) is 27.9 Å². The van der Waals surface area contributed by atoms with E-state index in [1.807, 2.05) is 0 Å². The summed E-state index contributed by atoms with van der Waals surface area (Å²) in [5.74, 6) is -0.434. The molecule has 1 saturated heterocycles. The molecule has 0 aliphatic carbocycles. The standard InChI is InChI=1S/C17H22FN5O/c1-17(2)11-22(7-6-15(17)19)16(24)14-10-23(21-20-14)9-12-4-3-5-13(18)8-12/h3-5,8,10,15H,6-7,9,11,19H2,1-2H3. The van der Waals surface area contributed by atoms with Gasteiger partial charge in [-0.25, -0.2) is 9.07 Å². The predicted molar refractivity (Wildman–Crippen MR) is 87.8 cm³/mol. The first-order valence-electron chi connectivity index (χ1n) is 8.04. The summed E-state index contributed by atoms with van der Waals surface area (Å²) < 4.78 is 14.8. The van der Waals surface area contributed by atoms with Crippen molar-refractivity contribution < 1.29 is 9.18 Å². The summed E-state index contributed by atoms with van der Waals surface area (Å²) in [6.45, 7) is 5.73. The van der Waals surface area contributed by atoms with Crippen molar-refractivity contribution in [1.29, 1.82) is 0 Å². The van der Waals surface area contributed by atoms with E-state index in [9.17, 15) is 9.18 Å². The van der Waals surface area contributed by atoms with Gasteiger partial charge in [-0.2, -0.15) is 0 Å². The van der Waals surface area contributed by atoms with Crippen LogP contribution in [0.3, 0.4) is 0 Å². The lowest BCUT2D eigenvalue weighted by Gasteiger charge is -2.42. The number of amides is 1. The monoisotopic (exact) mass is 331 g/mol. The van der Waals surface area contributed by atoms with Crippen LogP contribution in [0.15, 0.2) is 30.5 Å². The molecule has 0 spiro atoms. The highest BCUT2D eigenvalue weighted by Gasteiger charge is 2.36. The highest BCUT2D eigenvalue weighted by Crippen LogP contribution is 2.28. The van der Waals surface area contributed by atoms with Crippen molar-refractivity contribution >= 4 is 5.91 Å². The molecule has 1 aliphatic rings. The molecular formula is C17H22FN5O. The second-order valence-electron chi connectivity index (χ2n) is 7.04. The number of nitrogens with zero attached hydrogens (tertiary/aromatic N) is 4. The molecule has 1 aliphatic heterocycles. The Hall–Kier alpha value is -2.28. The average Bonchev–Trinajstić information content (AvgIpc) is 2.97. The molecule has 2 N–H and O–H groups in total. The number of piperidine rings is 1. The Morgan fingerprint density at radius 3 is 2.96 bits per heavy atom. The van der Waals surface area contributed by atoms with Crippen LogP contribution < -0.4 is 5.73 Å². The minimum Gasteiger partial charge on any atom is -0.337 e. The summed E-state index contributed by atoms with van der Waals surface area (Å²) in [6.07, 6.45) is 2.38. The smallest absolute Gasteiger partial charge is 0.276 e. The van der Waals surface area contributed by atoms with Crippen molar-refractivity contribution in [1.82, 2.24) is 19.9 Å². The average molecular weight is 331 g/mol. The first-order chi connectivity index (χ1) is 11.3. The molecule has 1 unspecified atom stereocenters. The van der Waals surface area contributed by atoms with Gasteiger partial charge < -0.3 is 10.6 Å². The molecule has 0 saturated carbocycles. The van der Waals surface area contributed by atoms with Crippen LogP contribution in [0, 0.1) is 11.2 Å². The molecule has 1 amide bonds. The van der Waals surface area contributed by atoms with Crippen LogP contribution in [0.1, 0.15) is 36.3 Å². The number of benzene rings is 1. The fourth-order valence-electron chi connectivity index (χ4n) is 3.01. The first kappa shape index (κ1) is 16.6. The van der Waals surface area contributed by atoms with Crippen LogP contribution in [-0.4, -0.2) is 44.9 Å². The van der Waals surface area contributed by atoms with Crippen molar-refractivity contribution in [2.24, 2.45) is 11.1 Å². The van der Waals surface area contributed by atoms with Crippen LogP contribution in [0.25, 0.3) is 0 Å². The van der Waals surface area contributed by atoms with Crippen molar-refractivity contribution in [2.45, 2.75) is 32.9 Å². The van der Waals surface area contributed by atoms with Gasteiger partial charge >= 0.3 is 0 Å². The SMILES string of the molecule is CC1(C)CN(C(=O)c2cn(Cc3cccc(F)c3)nn2)CCC1N. The van der Waals surface area contributed by atoms with Crippen LogP contribution >= 0.6 is 0 Å². The number of likely N-dealkylation sites (tertiary alicyclic amines) is 1. The maximum atomic E-state index is 13.2. The largest absolute Gasteiger partial charge is 0.337 e. The van der Waals surface area contributed by atoms with Gasteiger partial charge in [0.05, 0.1) is 12.7 Å². The lowest BCUT2D eigenvalue weighted by Crippen LogP contribution is -2.54. The number of carbonyl (C=O) groups is 1. The van der Waals surface area contributed by atoms with Crippen molar-refractivity contribution in [3.05, 3.63) is 47.5 Å². The molecule has 1 atom stereocenters. The zero-order valence-electron chi connectivity index (χ0n) is 13.9. The molecule has 7 heteroatoms. The van der Waals surface area contributed by atoms with Gasteiger partial charge in [0.15, 0.2) is 5.69 Å². The third kappa shape index (κ3) is 3.46. The van der Waals surface area contributed by atoms with Gasteiger partial charge in [0, 0.05) is 19.1 Å². The Kier molecular flexibility index (Phi) is 4.36. The van der Waals surface area contributed by atoms with Gasteiger partial charge in [-0.1, -0.05) is 31.2 Å². The Morgan fingerprint density at radius 1 is 1.46 bits per heavy atom. The zero-order valence-corrected chi connectivity index (χ0v) is 13.9. The summed E-state index contributed by atoms with van der Waals surface area (Å²) in [7, 11) is 0. The Labute approximate surface area is 140 Å². The lowest BCUT2D eigenvalue weighted by atomic mass is 9.79. The molecule has 0 radical (unpaired) electrons. The Balaban J connectivity index is 1.70. The molecule has 6 nitrogen and oxygen atoms in total. The molecule has 1 fully saturated rings. The van der Waals surface area contributed by atoms with Crippen molar-refractivity contribution in [3.63, 3.8) is 0 Å². The molecule has 3 rings (SSSR count). The van der Waals surface area contributed by atoms with Crippen LogP contribution in [-0.2, 0) is 6.54 Å². The third-order valence-corrected chi connectivity index (χ3v) is 4.59. The molecule has 24 heavy (non-hydrogen) atoms. The second kappa shape index (κ2) is 6.32. The summed E-state index contributed by atoms with van der Waals surface area (Å²) in [5.41, 5.74) is 7.07. The Bertz CT molecular complexity index is 742. The normalized spacial score (nSPS) is 20.2. The fraction of sp³-hybridized carbons (Fsp3) is 0.471. The topological polar surface area (TPSA) is 77.0 Å². The summed E-state index contributed by atoms with van der Waals surface area (Å²) >= 11 is 0. The number of halogens is 1. The first-order valence-corrected chi connectivity index (χ1v) is 8.04. The zero-order chi connectivity index (χ0) is 17.3. The summed E-state index contributed by atoms with van der Waals surface area (Å²) in [5, 5.41) is 7.95. The van der Waals surface area contributed by atoms with Crippen LogP contribution in [0.4, 0.5) is 4.39 Å². The highest BCUT2D eigenvalue weighted by molar-refractivity contribution is 5.92. The van der Waals surface area contributed by atoms with Crippen LogP contribution in [0.2, 0.25) is 0 Å². The number of nitrogens with two attached hydrogens (primary N) is 1. The molecule has 1 aromatic heterocycles. The van der Waals surface area contributed by atoms with E-state index >= 15 is 0 Å². The maximum absolute atomic E-state index is 13.2. The van der Waals surface area contributed by atoms with Gasteiger partial charge in [-0.15, -0.1) is 5.10 Å². The third-order valence-electron chi connectivity index (χ3n) is 4.59. The van der Waals surface area contributed by atoms with Crippen molar-refractivity contribution in [3.8, 4) is 0 Å². The van der Waals surface area contributed by atoms with Crippen LogP contribution in [0.5, 0.6) is 0 Å². The number of aromatic nitrogens is 3. The minimum atomic E-state index is -0.296. The predicted octanol–water partition coefficient (Wildman–Crippen LogP) is 1.66. The van der Waals surface area contributed by atoms with Gasteiger partial charge in [-0.3, -0.25) is 4.79 Å². The maximum Gasteiger partial charge on any atom is 0.276 e. The van der Waals surface area contributed by atoms with E-state index in [1.165, 1.54) is 12.1 Å². The number of hydrogen-bond donors (Lipinski definition) is 1. The molecule has 1 aromatic carbocycles. The number of carbonyl (C=O) groups excluding carboxylic acids is 1. The molecular weight excluding hydrogens is 309 g/mol. The fourth-order valence-corrected chi connectivity index (χ4v) is 3.01. The van der Waals surface area contributed by atoms with E-state index in [2.05, 4.69) is 24.2 Å². The van der Waals surface area contributed by atoms with Gasteiger partial charge in [-0.05, 0) is 29.5 Å². The quantitative estimate of drug-likeness (QED) is 0.928. The molecule has 2 aromatic rings. The van der Waals surface area contributed by atoms with E-state index < -0.39 is 0 Å². The highest BCUT2D eigenvalue weighted by atomic mass is 19.1. The van der Waals surface area contributed by atoms with E-state index in [0.29, 0.717) is 25.3 Å². The van der Waals surface area contributed by atoms with Crippen molar-refractivity contribution in [2.75, 3.05) is 13.1 Å². The van der Waals surface area contributed by atoms with Gasteiger partial charge in [0.1, 0.15) is 5.82 Å². The van der Waals surface area contributed by atoms with E-state index in [-0.39, 0.29) is 23.2 Å². The van der Waals surface area contributed by atoms with E-state index in [4.69, 9.17) is 5.73 Å². The second-order valence-corrected chi connectivity index (χ2v) is 7.04. The van der Waals surface area contributed by atoms with Gasteiger partial charge in [0.2, 0.25) is 0 Å². The summed E-state index contributed by atoms with van der Waals surface area (Å²) in [4.78, 5) is 14.4.